The number of carbonyl (C=O) groups excluding carboxylic acids is 1. The molecule has 9 heteroatoms. The highest BCUT2D eigenvalue weighted by Crippen LogP contribution is 2.36. The van der Waals surface area contributed by atoms with E-state index in [1.54, 1.807) is 17.9 Å². The summed E-state index contributed by atoms with van der Waals surface area (Å²) < 4.78 is 6.97. The number of nitrogens with one attached hydrogen (secondary N) is 2. The summed E-state index contributed by atoms with van der Waals surface area (Å²) in [5.41, 5.74) is 3.80. The van der Waals surface area contributed by atoms with Crippen molar-refractivity contribution in [1.82, 2.24) is 14.8 Å². The highest BCUT2D eigenvalue weighted by atomic mass is 32.1. The Morgan fingerprint density at radius 2 is 1.88 bits per heavy atom. The Labute approximate surface area is 201 Å². The maximum absolute atomic E-state index is 12.5. The lowest BCUT2D eigenvalue weighted by Crippen LogP contribution is -2.21. The molecule has 0 saturated heterocycles. The van der Waals surface area contributed by atoms with Gasteiger partial charge in [0.1, 0.15) is 11.3 Å². The number of aromatic nitrogens is 3. The lowest BCUT2D eigenvalue weighted by molar-refractivity contribution is 0.0528. The van der Waals surface area contributed by atoms with Crippen LogP contribution in [0.2, 0.25) is 0 Å². The van der Waals surface area contributed by atoms with Crippen molar-refractivity contribution in [2.24, 2.45) is 0 Å². The number of thiophene rings is 1. The summed E-state index contributed by atoms with van der Waals surface area (Å²) in [4.78, 5) is 17.7. The Bertz CT molecular complexity index is 1270. The maximum Gasteiger partial charge on any atom is 0.341 e. The molecule has 0 aliphatic rings. The first-order chi connectivity index (χ1) is 16.0. The van der Waals surface area contributed by atoms with E-state index in [0.717, 1.165) is 10.4 Å². The van der Waals surface area contributed by atoms with Gasteiger partial charge in [-0.05, 0) is 48.8 Å². The van der Waals surface area contributed by atoms with Gasteiger partial charge >= 0.3 is 5.97 Å². The second kappa shape index (κ2) is 10.4. The summed E-state index contributed by atoms with van der Waals surface area (Å²) in [6.07, 6.45) is 1.65. The van der Waals surface area contributed by atoms with Crippen LogP contribution in [0.1, 0.15) is 28.4 Å². The van der Waals surface area contributed by atoms with E-state index in [1.165, 1.54) is 22.5 Å². The zero-order valence-corrected chi connectivity index (χ0v) is 19.9. The third-order valence-corrected chi connectivity index (χ3v) is 6.17. The molecule has 4 rings (SSSR count). The SMILES string of the molecule is CCOC(=O)c1cc(-c2ccccc2)sc1NC(=S)Nc1ncn(Cc2ccccc2C)n1. The number of rotatable bonds is 7. The smallest absolute Gasteiger partial charge is 0.341 e. The number of esters is 1. The average Bonchev–Trinajstić information content (AvgIpc) is 3.43. The third-order valence-electron chi connectivity index (χ3n) is 4.87. The minimum atomic E-state index is -0.401. The predicted molar refractivity (Wildman–Crippen MR) is 136 cm³/mol. The average molecular weight is 478 g/mol. The van der Waals surface area contributed by atoms with Crippen molar-refractivity contribution >= 4 is 45.6 Å². The molecule has 0 amide bonds. The molecule has 0 radical (unpaired) electrons. The van der Waals surface area contributed by atoms with Crippen LogP contribution in [0.25, 0.3) is 10.4 Å². The molecule has 0 atom stereocenters. The molecule has 0 bridgehead atoms. The van der Waals surface area contributed by atoms with Gasteiger partial charge in [0.2, 0.25) is 5.95 Å². The molecule has 2 heterocycles. The first-order valence-electron chi connectivity index (χ1n) is 10.4. The van der Waals surface area contributed by atoms with Gasteiger partial charge in [-0.1, -0.05) is 54.6 Å². The monoisotopic (exact) mass is 477 g/mol. The molecule has 0 aliphatic heterocycles. The largest absolute Gasteiger partial charge is 0.462 e. The minimum absolute atomic E-state index is 0.288. The highest BCUT2D eigenvalue weighted by Gasteiger charge is 2.19. The van der Waals surface area contributed by atoms with Gasteiger partial charge < -0.3 is 10.1 Å². The van der Waals surface area contributed by atoms with E-state index in [-0.39, 0.29) is 5.11 Å². The van der Waals surface area contributed by atoms with Gasteiger partial charge in [-0.25, -0.2) is 14.5 Å². The molecule has 0 spiro atoms. The number of ether oxygens (including phenoxy) is 1. The fourth-order valence-electron chi connectivity index (χ4n) is 3.22. The molecule has 168 valence electrons. The summed E-state index contributed by atoms with van der Waals surface area (Å²) in [5, 5.41) is 11.4. The van der Waals surface area contributed by atoms with Crippen LogP contribution in [0, 0.1) is 6.92 Å². The van der Waals surface area contributed by atoms with E-state index in [1.807, 2.05) is 48.5 Å². The van der Waals surface area contributed by atoms with E-state index in [4.69, 9.17) is 17.0 Å². The van der Waals surface area contributed by atoms with Gasteiger partial charge in [-0.2, -0.15) is 0 Å². The molecule has 0 aliphatic carbocycles. The number of nitrogens with zero attached hydrogens (tertiary/aromatic N) is 3. The molecule has 2 N–H and O–H groups in total. The van der Waals surface area contributed by atoms with E-state index >= 15 is 0 Å². The second-order valence-corrected chi connectivity index (χ2v) is 8.67. The number of anilines is 2. The first kappa shape index (κ1) is 22.6. The van der Waals surface area contributed by atoms with Crippen molar-refractivity contribution in [2.75, 3.05) is 17.2 Å². The van der Waals surface area contributed by atoms with Crippen LogP contribution in [0.15, 0.2) is 67.0 Å². The fourth-order valence-corrected chi connectivity index (χ4v) is 4.53. The number of aryl methyl sites for hydroxylation is 1. The molecule has 33 heavy (non-hydrogen) atoms. The van der Waals surface area contributed by atoms with Gasteiger partial charge in [0.05, 0.1) is 18.7 Å². The predicted octanol–water partition coefficient (Wildman–Crippen LogP) is 5.35. The lowest BCUT2D eigenvalue weighted by atomic mass is 10.1. The number of thiocarbonyl (C=S) groups is 1. The summed E-state index contributed by atoms with van der Waals surface area (Å²) in [6, 6.07) is 19.8. The number of carbonyl (C=O) groups is 1. The van der Waals surface area contributed by atoms with Gasteiger partial charge in [0, 0.05) is 4.88 Å². The van der Waals surface area contributed by atoms with Gasteiger partial charge in [0.25, 0.3) is 0 Å². The molecule has 0 fully saturated rings. The standard InChI is InChI=1S/C24H23N5O2S2/c1-3-31-22(30)19-13-20(17-10-5-4-6-11-17)33-21(19)26-24(32)27-23-25-15-29(28-23)14-18-12-8-7-9-16(18)2/h4-13,15H,3,14H2,1-2H3,(H2,26,27,28,32). The maximum atomic E-state index is 12.5. The van der Waals surface area contributed by atoms with Gasteiger partial charge in [-0.15, -0.1) is 16.4 Å². The molecule has 0 unspecified atom stereocenters. The van der Waals surface area contributed by atoms with E-state index in [9.17, 15) is 4.79 Å². The van der Waals surface area contributed by atoms with Crippen LogP contribution in [-0.4, -0.2) is 32.5 Å². The molecule has 2 aromatic carbocycles. The first-order valence-corrected chi connectivity index (χ1v) is 11.6. The van der Waals surface area contributed by atoms with Crippen LogP contribution in [0.4, 0.5) is 10.9 Å². The van der Waals surface area contributed by atoms with E-state index in [0.29, 0.717) is 29.7 Å². The van der Waals surface area contributed by atoms with Crippen molar-refractivity contribution in [2.45, 2.75) is 20.4 Å². The van der Waals surface area contributed by atoms with Crippen molar-refractivity contribution in [1.29, 1.82) is 0 Å². The zero-order valence-electron chi connectivity index (χ0n) is 18.2. The second-order valence-electron chi connectivity index (χ2n) is 7.21. The van der Waals surface area contributed by atoms with Crippen molar-refractivity contribution < 1.29 is 9.53 Å². The molecule has 0 saturated carbocycles. The molecular weight excluding hydrogens is 454 g/mol. The minimum Gasteiger partial charge on any atom is -0.462 e. The normalized spacial score (nSPS) is 10.6. The molecule has 2 aromatic heterocycles. The summed E-state index contributed by atoms with van der Waals surface area (Å²) in [6.45, 7) is 4.75. The summed E-state index contributed by atoms with van der Waals surface area (Å²) in [5.74, 6) is -0.0273. The van der Waals surface area contributed by atoms with Crippen LogP contribution in [0.5, 0.6) is 0 Å². The third kappa shape index (κ3) is 5.63. The lowest BCUT2D eigenvalue weighted by Gasteiger charge is -2.08. The Balaban J connectivity index is 1.48. The van der Waals surface area contributed by atoms with Crippen molar-refractivity contribution in [3.05, 3.63) is 83.7 Å². The Kier molecular flexibility index (Phi) is 7.11. The Morgan fingerprint density at radius 3 is 2.64 bits per heavy atom. The van der Waals surface area contributed by atoms with Gasteiger partial charge in [0.15, 0.2) is 5.11 Å². The Morgan fingerprint density at radius 1 is 1.12 bits per heavy atom. The number of benzene rings is 2. The molecule has 7 nitrogen and oxygen atoms in total. The van der Waals surface area contributed by atoms with Crippen LogP contribution in [-0.2, 0) is 11.3 Å². The summed E-state index contributed by atoms with van der Waals surface area (Å²) in [7, 11) is 0. The van der Waals surface area contributed by atoms with E-state index in [2.05, 4.69) is 39.8 Å². The highest BCUT2D eigenvalue weighted by molar-refractivity contribution is 7.80. The molecule has 4 aromatic rings. The van der Waals surface area contributed by atoms with E-state index < -0.39 is 5.97 Å². The quantitative estimate of drug-likeness (QED) is 0.274. The van der Waals surface area contributed by atoms with Crippen molar-refractivity contribution in [3.8, 4) is 10.4 Å². The van der Waals surface area contributed by atoms with Crippen molar-refractivity contribution in [3.63, 3.8) is 0 Å². The zero-order chi connectivity index (χ0) is 23.2. The number of hydrogen-bond donors (Lipinski definition) is 2. The van der Waals surface area contributed by atoms with Gasteiger partial charge in [-0.3, -0.25) is 5.32 Å². The number of hydrogen-bond acceptors (Lipinski definition) is 6. The Hall–Kier alpha value is -3.56. The molecular formula is C24H23N5O2S2. The van der Waals surface area contributed by atoms with Crippen LogP contribution in [0.3, 0.4) is 0 Å². The topological polar surface area (TPSA) is 81.1 Å². The fraction of sp³-hybridized carbons (Fsp3) is 0.167. The van der Waals surface area contributed by atoms with Crippen LogP contribution < -0.4 is 10.6 Å². The van der Waals surface area contributed by atoms with Crippen LogP contribution >= 0.6 is 23.6 Å². The summed E-state index contributed by atoms with van der Waals surface area (Å²) >= 11 is 6.89.